The molecule has 0 aliphatic carbocycles. The zero-order valence-corrected chi connectivity index (χ0v) is 18.5. The molecule has 0 spiro atoms. The molecule has 1 fully saturated rings. The number of ether oxygens (including phenoxy) is 1. The van der Waals surface area contributed by atoms with Crippen LogP contribution < -0.4 is 5.32 Å². The molecule has 9 heteroatoms. The second-order valence-corrected chi connectivity index (χ2v) is 9.91. The van der Waals surface area contributed by atoms with Crippen molar-refractivity contribution in [2.75, 3.05) is 18.4 Å². The Balaban J connectivity index is 1.88. The molecule has 0 bridgehead atoms. The van der Waals surface area contributed by atoms with Crippen LogP contribution in [0.3, 0.4) is 0 Å². The number of carbonyl (C=O) groups is 1. The Morgan fingerprint density at radius 1 is 1.14 bits per heavy atom. The van der Waals surface area contributed by atoms with E-state index in [1.807, 2.05) is 13.8 Å². The average Bonchev–Trinajstić information content (AvgIpc) is 2.63. The van der Waals surface area contributed by atoms with Gasteiger partial charge >= 0.3 is 0 Å². The molecule has 1 heterocycles. The summed E-state index contributed by atoms with van der Waals surface area (Å²) in [6.45, 7) is 4.11. The van der Waals surface area contributed by atoms with E-state index in [4.69, 9.17) is 16.3 Å². The summed E-state index contributed by atoms with van der Waals surface area (Å²) in [6.07, 6.45) is -0.442. The third-order valence-electron chi connectivity index (χ3n) is 4.30. The van der Waals surface area contributed by atoms with E-state index in [1.54, 1.807) is 24.3 Å². The van der Waals surface area contributed by atoms with Gasteiger partial charge in [0.25, 0.3) is 5.91 Å². The van der Waals surface area contributed by atoms with Gasteiger partial charge in [0.05, 0.1) is 17.2 Å². The summed E-state index contributed by atoms with van der Waals surface area (Å²) in [5.74, 6) is -0.417. The van der Waals surface area contributed by atoms with Crippen molar-refractivity contribution in [3.63, 3.8) is 0 Å². The molecule has 1 saturated heterocycles. The Kier molecular flexibility index (Phi) is 6.46. The standard InChI is InChI=1S/C19H20BrClN2O4S/c1-12-10-23(11-13(2)27-12)28(25,26)18-9-14(3-8-17(18)21)19(24)22-16-6-4-15(20)5-7-16/h3-9,12-13H,10-11H2,1-2H3,(H,22,24). The smallest absolute Gasteiger partial charge is 0.255 e. The van der Waals surface area contributed by atoms with E-state index in [2.05, 4.69) is 21.2 Å². The molecule has 2 unspecified atom stereocenters. The average molecular weight is 488 g/mol. The van der Waals surface area contributed by atoms with Crippen molar-refractivity contribution in [1.29, 1.82) is 0 Å². The van der Waals surface area contributed by atoms with Gasteiger partial charge in [0, 0.05) is 28.8 Å². The lowest BCUT2D eigenvalue weighted by Gasteiger charge is -2.34. The van der Waals surface area contributed by atoms with Crippen LogP contribution in [0.25, 0.3) is 0 Å². The number of rotatable bonds is 4. The molecule has 1 aliphatic heterocycles. The topological polar surface area (TPSA) is 75.7 Å². The summed E-state index contributed by atoms with van der Waals surface area (Å²) in [4.78, 5) is 12.5. The van der Waals surface area contributed by atoms with Crippen LogP contribution in [-0.4, -0.2) is 43.9 Å². The van der Waals surface area contributed by atoms with Crippen LogP contribution in [0.1, 0.15) is 24.2 Å². The van der Waals surface area contributed by atoms with E-state index in [0.717, 1.165) is 4.47 Å². The number of amides is 1. The lowest BCUT2D eigenvalue weighted by atomic mass is 10.2. The fraction of sp³-hybridized carbons (Fsp3) is 0.316. The highest BCUT2D eigenvalue weighted by atomic mass is 79.9. The minimum Gasteiger partial charge on any atom is -0.373 e. The van der Waals surface area contributed by atoms with Crippen LogP contribution in [0, 0.1) is 0 Å². The number of nitrogens with one attached hydrogen (secondary N) is 1. The first-order valence-corrected chi connectivity index (χ1v) is 11.3. The summed E-state index contributed by atoms with van der Waals surface area (Å²) in [5, 5.41) is 2.82. The van der Waals surface area contributed by atoms with Crippen molar-refractivity contribution in [3.8, 4) is 0 Å². The van der Waals surface area contributed by atoms with Crippen LogP contribution in [0.5, 0.6) is 0 Å². The minimum atomic E-state index is -3.86. The van der Waals surface area contributed by atoms with Crippen LogP contribution in [-0.2, 0) is 14.8 Å². The van der Waals surface area contributed by atoms with Crippen molar-refractivity contribution < 1.29 is 17.9 Å². The van der Waals surface area contributed by atoms with Gasteiger partial charge in [0.1, 0.15) is 4.90 Å². The molecular formula is C19H20BrClN2O4S. The van der Waals surface area contributed by atoms with Gasteiger partial charge in [-0.1, -0.05) is 27.5 Å². The Morgan fingerprint density at radius 2 is 1.75 bits per heavy atom. The van der Waals surface area contributed by atoms with Crippen molar-refractivity contribution in [1.82, 2.24) is 4.31 Å². The number of anilines is 1. The Hall–Kier alpha value is -1.45. The number of hydrogen-bond acceptors (Lipinski definition) is 4. The molecule has 0 radical (unpaired) electrons. The summed E-state index contributed by atoms with van der Waals surface area (Å²) < 4.78 is 34.1. The van der Waals surface area contributed by atoms with Crippen molar-refractivity contribution in [3.05, 3.63) is 57.5 Å². The molecule has 1 amide bonds. The van der Waals surface area contributed by atoms with E-state index in [9.17, 15) is 13.2 Å². The number of morpholine rings is 1. The monoisotopic (exact) mass is 486 g/mol. The predicted octanol–water partition coefficient (Wildman–Crippen LogP) is 4.15. The maximum atomic E-state index is 13.1. The molecule has 2 aromatic rings. The summed E-state index contributed by atoms with van der Waals surface area (Å²) in [6, 6.07) is 11.3. The molecule has 28 heavy (non-hydrogen) atoms. The Labute approximate surface area is 178 Å². The van der Waals surface area contributed by atoms with Crippen molar-refractivity contribution in [2.45, 2.75) is 31.0 Å². The van der Waals surface area contributed by atoms with Crippen LogP contribution in [0.4, 0.5) is 5.69 Å². The normalized spacial score (nSPS) is 20.7. The van der Waals surface area contributed by atoms with Crippen molar-refractivity contribution >= 4 is 49.1 Å². The second kappa shape index (κ2) is 8.51. The number of nitrogens with zero attached hydrogens (tertiary/aromatic N) is 1. The van der Waals surface area contributed by atoms with E-state index >= 15 is 0 Å². The van der Waals surface area contributed by atoms with Gasteiger partial charge in [-0.05, 0) is 56.3 Å². The summed E-state index contributed by atoms with van der Waals surface area (Å²) >= 11 is 9.52. The molecule has 3 rings (SSSR count). The lowest BCUT2D eigenvalue weighted by molar-refractivity contribution is -0.0440. The fourth-order valence-electron chi connectivity index (χ4n) is 3.04. The largest absolute Gasteiger partial charge is 0.373 e. The first-order valence-electron chi connectivity index (χ1n) is 8.69. The fourth-order valence-corrected chi connectivity index (χ4v) is 5.40. The highest BCUT2D eigenvalue weighted by molar-refractivity contribution is 9.10. The zero-order chi connectivity index (χ0) is 20.5. The zero-order valence-electron chi connectivity index (χ0n) is 15.4. The molecule has 2 aromatic carbocycles. The van der Waals surface area contributed by atoms with E-state index < -0.39 is 15.9 Å². The van der Waals surface area contributed by atoms with E-state index in [-0.39, 0.29) is 40.8 Å². The summed E-state index contributed by atoms with van der Waals surface area (Å²) in [7, 11) is -3.86. The van der Waals surface area contributed by atoms with Gasteiger partial charge in [0.2, 0.25) is 10.0 Å². The first kappa shape index (κ1) is 21.3. The third kappa shape index (κ3) is 4.75. The van der Waals surface area contributed by atoms with Gasteiger partial charge < -0.3 is 10.1 Å². The number of hydrogen-bond donors (Lipinski definition) is 1. The van der Waals surface area contributed by atoms with Crippen LogP contribution in [0.2, 0.25) is 5.02 Å². The van der Waals surface area contributed by atoms with E-state index in [0.29, 0.717) is 5.69 Å². The van der Waals surface area contributed by atoms with Gasteiger partial charge in [-0.15, -0.1) is 0 Å². The quantitative estimate of drug-likeness (QED) is 0.703. The molecule has 0 saturated carbocycles. The molecular weight excluding hydrogens is 468 g/mol. The number of carbonyl (C=O) groups excluding carboxylic acids is 1. The highest BCUT2D eigenvalue weighted by Gasteiger charge is 2.33. The van der Waals surface area contributed by atoms with Gasteiger partial charge in [0.15, 0.2) is 0 Å². The Morgan fingerprint density at radius 3 is 2.36 bits per heavy atom. The third-order valence-corrected chi connectivity index (χ3v) is 7.14. The second-order valence-electron chi connectivity index (χ2n) is 6.69. The molecule has 0 aromatic heterocycles. The lowest BCUT2D eigenvalue weighted by Crippen LogP contribution is -2.48. The SMILES string of the molecule is CC1CN(S(=O)(=O)c2cc(C(=O)Nc3ccc(Br)cc3)ccc2Cl)CC(C)O1. The van der Waals surface area contributed by atoms with Gasteiger partial charge in [-0.2, -0.15) is 4.31 Å². The minimum absolute atomic E-state index is 0.0759. The first-order chi connectivity index (χ1) is 13.2. The summed E-state index contributed by atoms with van der Waals surface area (Å²) in [5.41, 5.74) is 0.809. The Bertz CT molecular complexity index is 972. The van der Waals surface area contributed by atoms with Gasteiger partial charge in [-0.3, -0.25) is 4.79 Å². The van der Waals surface area contributed by atoms with Crippen LogP contribution >= 0.6 is 27.5 Å². The molecule has 1 aliphatic rings. The molecule has 1 N–H and O–H groups in total. The number of benzene rings is 2. The predicted molar refractivity (Wildman–Crippen MR) is 112 cm³/mol. The van der Waals surface area contributed by atoms with Gasteiger partial charge in [-0.25, -0.2) is 8.42 Å². The number of halogens is 2. The molecule has 2 atom stereocenters. The molecule has 150 valence electrons. The maximum Gasteiger partial charge on any atom is 0.255 e. The highest BCUT2D eigenvalue weighted by Crippen LogP contribution is 2.28. The van der Waals surface area contributed by atoms with E-state index in [1.165, 1.54) is 22.5 Å². The van der Waals surface area contributed by atoms with Crippen molar-refractivity contribution in [2.24, 2.45) is 0 Å². The molecule has 6 nitrogen and oxygen atoms in total. The maximum absolute atomic E-state index is 13.1. The number of sulfonamides is 1. The van der Waals surface area contributed by atoms with Crippen LogP contribution in [0.15, 0.2) is 51.8 Å².